The number of aromatic nitrogens is 1. The first-order valence-corrected chi connectivity index (χ1v) is 10.9. The normalized spacial score (nSPS) is 13.7. The number of ketones is 1. The van der Waals surface area contributed by atoms with Crippen molar-refractivity contribution in [3.05, 3.63) is 53.4 Å². The lowest BCUT2D eigenvalue weighted by Crippen LogP contribution is -2.30. The van der Waals surface area contributed by atoms with E-state index in [1.54, 1.807) is 6.92 Å². The van der Waals surface area contributed by atoms with E-state index in [4.69, 9.17) is 14.2 Å². The highest BCUT2D eigenvalue weighted by Gasteiger charge is 2.31. The van der Waals surface area contributed by atoms with Crippen LogP contribution >= 0.6 is 0 Å². The van der Waals surface area contributed by atoms with E-state index in [1.807, 2.05) is 13.8 Å². The number of ether oxygens (including phenoxy) is 3. The van der Waals surface area contributed by atoms with Gasteiger partial charge < -0.3 is 14.2 Å². The van der Waals surface area contributed by atoms with Gasteiger partial charge in [-0.25, -0.2) is 13.8 Å². The molecule has 0 aliphatic rings. The maximum absolute atomic E-state index is 14.4. The fraction of sp³-hybridized carbons (Fsp3) is 0.440. The molecule has 2 rings (SSSR count). The standard InChI is InChI=1S/C25H29F2NO6/c1-13(2)22(18-8-7-17(26)12-19(18)27)15(4)33-25(31)14(3)11-20(30)23-24(34-16(5)29)21(32-6)9-10-28-23/h7-10,12-15,22H,11H2,1-6H3/t14-,15+,22-/m1/s1. The van der Waals surface area contributed by atoms with Crippen LogP contribution in [0, 0.1) is 23.5 Å². The third-order valence-electron chi connectivity index (χ3n) is 5.34. The van der Waals surface area contributed by atoms with Crippen LogP contribution in [0.4, 0.5) is 8.78 Å². The molecule has 34 heavy (non-hydrogen) atoms. The summed E-state index contributed by atoms with van der Waals surface area (Å²) in [6, 6.07) is 4.74. The van der Waals surface area contributed by atoms with Crippen LogP contribution in [-0.2, 0) is 14.3 Å². The first-order chi connectivity index (χ1) is 16.0. The Bertz CT molecular complexity index is 1060. The number of carbonyl (C=O) groups excluding carboxylic acids is 3. The smallest absolute Gasteiger partial charge is 0.309 e. The molecule has 0 bridgehead atoms. The molecule has 2 aromatic rings. The molecule has 0 radical (unpaired) electrons. The molecule has 1 heterocycles. The third kappa shape index (κ3) is 6.59. The summed E-state index contributed by atoms with van der Waals surface area (Å²) < 4.78 is 43.5. The topological polar surface area (TPSA) is 91.8 Å². The second-order valence-electron chi connectivity index (χ2n) is 8.39. The molecule has 7 nitrogen and oxygen atoms in total. The summed E-state index contributed by atoms with van der Waals surface area (Å²) in [6.07, 6.45) is 0.322. The molecule has 0 aliphatic heterocycles. The van der Waals surface area contributed by atoms with Crippen LogP contribution in [0.3, 0.4) is 0 Å². The van der Waals surface area contributed by atoms with Gasteiger partial charge in [-0.2, -0.15) is 0 Å². The van der Waals surface area contributed by atoms with Gasteiger partial charge in [0.25, 0.3) is 0 Å². The SMILES string of the molecule is COc1ccnc(C(=O)C[C@@H](C)C(=O)O[C@@H](C)[C@H](c2ccc(F)cc2F)C(C)C)c1OC(C)=O. The zero-order valence-electron chi connectivity index (χ0n) is 20.1. The molecule has 9 heteroatoms. The molecule has 184 valence electrons. The highest BCUT2D eigenvalue weighted by molar-refractivity contribution is 5.99. The number of halogens is 2. The van der Waals surface area contributed by atoms with Crippen molar-refractivity contribution < 1.29 is 37.4 Å². The lowest BCUT2D eigenvalue weighted by atomic mass is 9.84. The summed E-state index contributed by atoms with van der Waals surface area (Å²) in [7, 11) is 1.35. The van der Waals surface area contributed by atoms with Gasteiger partial charge in [0.2, 0.25) is 5.75 Å². The number of carbonyl (C=O) groups is 3. The molecule has 0 saturated heterocycles. The molecule has 0 fully saturated rings. The number of hydrogen-bond acceptors (Lipinski definition) is 7. The number of nitrogens with zero attached hydrogens (tertiary/aromatic N) is 1. The summed E-state index contributed by atoms with van der Waals surface area (Å²) in [6.45, 7) is 8.01. The lowest BCUT2D eigenvalue weighted by molar-refractivity contribution is -0.154. The van der Waals surface area contributed by atoms with E-state index in [-0.39, 0.29) is 35.1 Å². The number of rotatable bonds is 10. The molecule has 0 spiro atoms. The Morgan fingerprint density at radius 2 is 1.74 bits per heavy atom. The summed E-state index contributed by atoms with van der Waals surface area (Å²) in [5.74, 6) is -4.75. The van der Waals surface area contributed by atoms with E-state index < -0.39 is 47.3 Å². The van der Waals surface area contributed by atoms with Gasteiger partial charge in [-0.1, -0.05) is 26.8 Å². The Morgan fingerprint density at radius 3 is 2.29 bits per heavy atom. The Balaban J connectivity index is 2.16. The highest BCUT2D eigenvalue weighted by atomic mass is 19.1. The molecule has 0 amide bonds. The van der Waals surface area contributed by atoms with Crippen molar-refractivity contribution in [1.29, 1.82) is 0 Å². The van der Waals surface area contributed by atoms with Crippen molar-refractivity contribution >= 4 is 17.7 Å². The largest absolute Gasteiger partial charge is 0.493 e. The monoisotopic (exact) mass is 477 g/mol. The molecule has 0 N–H and O–H groups in total. The zero-order chi connectivity index (χ0) is 25.6. The van der Waals surface area contributed by atoms with Crippen LogP contribution in [0.25, 0.3) is 0 Å². The Morgan fingerprint density at radius 1 is 1.06 bits per heavy atom. The minimum Gasteiger partial charge on any atom is -0.493 e. The van der Waals surface area contributed by atoms with E-state index in [9.17, 15) is 23.2 Å². The maximum Gasteiger partial charge on any atom is 0.309 e. The zero-order valence-corrected chi connectivity index (χ0v) is 20.1. The first kappa shape index (κ1) is 26.9. The van der Waals surface area contributed by atoms with Crippen molar-refractivity contribution in [1.82, 2.24) is 4.98 Å². The Labute approximate surface area is 197 Å². The average Bonchev–Trinajstić information content (AvgIpc) is 2.74. The predicted molar refractivity (Wildman–Crippen MR) is 120 cm³/mol. The number of esters is 2. The molecular weight excluding hydrogens is 448 g/mol. The second kappa shape index (κ2) is 11.7. The van der Waals surface area contributed by atoms with E-state index in [2.05, 4.69) is 4.98 Å². The van der Waals surface area contributed by atoms with Crippen LogP contribution in [-0.4, -0.2) is 35.9 Å². The second-order valence-corrected chi connectivity index (χ2v) is 8.39. The van der Waals surface area contributed by atoms with Gasteiger partial charge in [0, 0.05) is 37.6 Å². The fourth-order valence-electron chi connectivity index (χ4n) is 3.79. The summed E-state index contributed by atoms with van der Waals surface area (Å²) in [5, 5.41) is 0. The number of Topliss-reactive ketones (excluding diaryl/α,β-unsaturated/α-hetero) is 1. The number of benzene rings is 1. The van der Waals surface area contributed by atoms with E-state index in [1.165, 1.54) is 39.3 Å². The average molecular weight is 478 g/mol. The number of methoxy groups -OCH3 is 1. The van der Waals surface area contributed by atoms with Crippen LogP contribution in [0.1, 0.15) is 63.0 Å². The molecule has 1 aromatic carbocycles. The third-order valence-corrected chi connectivity index (χ3v) is 5.34. The minimum absolute atomic E-state index is 0.119. The van der Waals surface area contributed by atoms with Crippen LogP contribution in [0.15, 0.2) is 30.5 Å². The van der Waals surface area contributed by atoms with E-state index >= 15 is 0 Å². The maximum atomic E-state index is 14.4. The minimum atomic E-state index is -0.862. The molecule has 1 aromatic heterocycles. The van der Waals surface area contributed by atoms with Gasteiger partial charge in [-0.15, -0.1) is 0 Å². The summed E-state index contributed by atoms with van der Waals surface area (Å²) in [5.41, 5.74) is 0.0997. The van der Waals surface area contributed by atoms with Gasteiger partial charge in [-0.3, -0.25) is 14.4 Å². The Hall–Kier alpha value is -3.36. The first-order valence-electron chi connectivity index (χ1n) is 10.9. The lowest BCUT2D eigenvalue weighted by Gasteiger charge is -2.29. The molecule has 0 saturated carbocycles. The van der Waals surface area contributed by atoms with Crippen molar-refractivity contribution in [2.75, 3.05) is 7.11 Å². The van der Waals surface area contributed by atoms with E-state index in [0.29, 0.717) is 0 Å². The highest BCUT2D eigenvalue weighted by Crippen LogP contribution is 2.33. The molecule has 0 unspecified atom stereocenters. The van der Waals surface area contributed by atoms with Crippen molar-refractivity contribution in [2.24, 2.45) is 11.8 Å². The quantitative estimate of drug-likeness (QED) is 0.356. The summed E-state index contributed by atoms with van der Waals surface area (Å²) in [4.78, 5) is 41.0. The predicted octanol–water partition coefficient (Wildman–Crippen LogP) is 4.87. The number of pyridine rings is 1. The van der Waals surface area contributed by atoms with Crippen molar-refractivity contribution in [2.45, 2.75) is 53.1 Å². The Kier molecular flexibility index (Phi) is 9.23. The van der Waals surface area contributed by atoms with Crippen LogP contribution in [0.2, 0.25) is 0 Å². The molecule has 3 atom stereocenters. The fourth-order valence-corrected chi connectivity index (χ4v) is 3.79. The van der Waals surface area contributed by atoms with Gasteiger partial charge in [0.05, 0.1) is 13.0 Å². The summed E-state index contributed by atoms with van der Waals surface area (Å²) >= 11 is 0. The van der Waals surface area contributed by atoms with Crippen molar-refractivity contribution in [3.8, 4) is 11.5 Å². The van der Waals surface area contributed by atoms with Crippen LogP contribution < -0.4 is 9.47 Å². The molecular formula is C25H29F2NO6. The van der Waals surface area contributed by atoms with Crippen LogP contribution in [0.5, 0.6) is 11.5 Å². The number of hydrogen-bond donors (Lipinski definition) is 0. The van der Waals surface area contributed by atoms with Crippen molar-refractivity contribution in [3.63, 3.8) is 0 Å². The van der Waals surface area contributed by atoms with Gasteiger partial charge in [-0.05, 0) is 24.5 Å². The van der Waals surface area contributed by atoms with Gasteiger partial charge >= 0.3 is 11.9 Å². The van der Waals surface area contributed by atoms with Gasteiger partial charge in [0.15, 0.2) is 17.2 Å². The van der Waals surface area contributed by atoms with Gasteiger partial charge in [0.1, 0.15) is 17.7 Å². The molecule has 0 aliphatic carbocycles. The van der Waals surface area contributed by atoms with E-state index in [0.717, 1.165) is 12.1 Å².